The van der Waals surface area contributed by atoms with Crippen LogP contribution in [0.1, 0.15) is 47.6 Å². The van der Waals surface area contributed by atoms with Crippen molar-refractivity contribution >= 4 is 0 Å². The fourth-order valence-corrected chi connectivity index (χ4v) is 4.16. The topological polar surface area (TPSA) is 9.23 Å². The number of hydrogen-bond donors (Lipinski definition) is 0. The van der Waals surface area contributed by atoms with Crippen molar-refractivity contribution in [2.75, 3.05) is 0 Å². The second kappa shape index (κ2) is 12.4. The van der Waals surface area contributed by atoms with Crippen LogP contribution in [-0.4, -0.2) is 0 Å². The van der Waals surface area contributed by atoms with Gasteiger partial charge in [-0.3, -0.25) is 0 Å². The Morgan fingerprint density at radius 2 is 1.37 bits per heavy atom. The molecule has 0 aliphatic carbocycles. The lowest BCUT2D eigenvalue weighted by Gasteiger charge is -2.20. The summed E-state index contributed by atoms with van der Waals surface area (Å²) >= 11 is 0. The normalized spacial score (nSPS) is 11.7. The van der Waals surface area contributed by atoms with Gasteiger partial charge in [0, 0.05) is 23.3 Å². The van der Waals surface area contributed by atoms with Crippen LogP contribution in [0, 0.1) is 40.9 Å². The van der Waals surface area contributed by atoms with Gasteiger partial charge in [0.05, 0.1) is 11.1 Å². The molecule has 43 heavy (non-hydrogen) atoms. The number of halogens is 10. The third-order valence-corrected chi connectivity index (χ3v) is 6.30. The maximum absolute atomic E-state index is 14.9. The molecule has 0 heterocycles. The highest BCUT2D eigenvalue weighted by Crippen LogP contribution is 2.39. The fraction of sp³-hybridized carbons (Fsp3) is 0.188. The van der Waals surface area contributed by atoms with Crippen LogP contribution in [0.3, 0.4) is 0 Å². The molecular weight excluding hydrogens is 590 g/mol. The molecule has 0 fully saturated rings. The molecule has 0 aliphatic heterocycles. The lowest BCUT2D eigenvalue weighted by Crippen LogP contribution is -2.24. The van der Waals surface area contributed by atoms with Gasteiger partial charge < -0.3 is 4.74 Å². The second-order valence-corrected chi connectivity index (χ2v) is 9.44. The largest absolute Gasteiger partial charge is 0.429 e. The average molecular weight is 610 g/mol. The number of unbranched alkanes of at least 4 members (excludes halogenated alkanes) is 1. The summed E-state index contributed by atoms with van der Waals surface area (Å²) < 4.78 is 143. The van der Waals surface area contributed by atoms with E-state index in [1.165, 1.54) is 24.3 Å². The molecule has 0 spiro atoms. The Labute approximate surface area is 239 Å². The molecule has 0 unspecified atom stereocenters. The molecule has 4 aromatic rings. The highest BCUT2D eigenvalue weighted by molar-refractivity contribution is 5.66. The minimum Gasteiger partial charge on any atom is -0.429 e. The molecule has 0 N–H and O–H groups in total. The van der Waals surface area contributed by atoms with Crippen LogP contribution >= 0.6 is 0 Å². The van der Waals surface area contributed by atoms with Crippen LogP contribution in [0.15, 0.2) is 66.7 Å². The third-order valence-electron chi connectivity index (χ3n) is 6.30. The van der Waals surface area contributed by atoms with Crippen LogP contribution in [0.5, 0.6) is 5.75 Å². The smallest absolute Gasteiger partial charge is 0.429 e. The van der Waals surface area contributed by atoms with E-state index < -0.39 is 58.2 Å². The molecule has 4 aromatic carbocycles. The monoisotopic (exact) mass is 610 g/mol. The van der Waals surface area contributed by atoms with Gasteiger partial charge in [0.15, 0.2) is 0 Å². The van der Waals surface area contributed by atoms with Gasteiger partial charge >= 0.3 is 12.3 Å². The second-order valence-electron chi connectivity index (χ2n) is 9.44. The molecule has 0 radical (unpaired) electrons. The fourth-order valence-electron chi connectivity index (χ4n) is 4.16. The van der Waals surface area contributed by atoms with Gasteiger partial charge in [0.1, 0.15) is 40.4 Å². The zero-order valence-corrected chi connectivity index (χ0v) is 22.2. The van der Waals surface area contributed by atoms with E-state index in [1.54, 1.807) is 6.07 Å². The minimum atomic E-state index is -5.44. The first-order valence-electron chi connectivity index (χ1n) is 12.7. The number of benzene rings is 4. The Bertz CT molecular complexity index is 1690. The minimum absolute atomic E-state index is 0.104. The van der Waals surface area contributed by atoms with Crippen LogP contribution in [-0.2, 0) is 18.7 Å². The number of ether oxygens (including phenoxy) is 1. The van der Waals surface area contributed by atoms with Crippen molar-refractivity contribution in [2.45, 2.75) is 38.5 Å². The predicted molar refractivity (Wildman–Crippen MR) is 139 cm³/mol. The number of alkyl halides is 5. The first-order valence-corrected chi connectivity index (χ1v) is 12.7. The lowest BCUT2D eigenvalue weighted by molar-refractivity contribution is -0.187. The van der Waals surface area contributed by atoms with Gasteiger partial charge in [-0.1, -0.05) is 43.4 Å². The van der Waals surface area contributed by atoms with Crippen molar-refractivity contribution < 1.29 is 48.6 Å². The summed E-state index contributed by atoms with van der Waals surface area (Å²) in [5.74, 6) is -3.51. The van der Waals surface area contributed by atoms with Gasteiger partial charge in [-0.2, -0.15) is 22.0 Å². The van der Waals surface area contributed by atoms with Crippen LogP contribution in [0.4, 0.5) is 43.9 Å². The Morgan fingerprint density at radius 1 is 0.674 bits per heavy atom. The SMILES string of the molecule is CCCCc1ccc(C#Cc2ccc(-c3ccc(C(F)(F)Oc4cc(F)c(C(F)(F)F)c(F)c4)c(F)c3)c(F)c2)c(F)c1. The van der Waals surface area contributed by atoms with Crippen molar-refractivity contribution in [1.29, 1.82) is 0 Å². The van der Waals surface area contributed by atoms with Crippen molar-refractivity contribution in [3.8, 4) is 28.7 Å². The highest BCUT2D eigenvalue weighted by atomic mass is 19.4. The molecule has 4 rings (SSSR count). The van der Waals surface area contributed by atoms with Crippen LogP contribution in [0.2, 0.25) is 0 Å². The molecule has 0 aromatic heterocycles. The third kappa shape index (κ3) is 7.31. The number of rotatable bonds is 7. The molecule has 0 bridgehead atoms. The maximum Gasteiger partial charge on any atom is 0.429 e. The molecule has 0 saturated heterocycles. The molecule has 0 atom stereocenters. The van der Waals surface area contributed by atoms with Gasteiger partial charge in [0.25, 0.3) is 0 Å². The van der Waals surface area contributed by atoms with Crippen molar-refractivity contribution in [1.82, 2.24) is 0 Å². The van der Waals surface area contributed by atoms with Crippen molar-refractivity contribution in [2.24, 2.45) is 0 Å². The first-order chi connectivity index (χ1) is 20.2. The molecule has 11 heteroatoms. The Kier molecular flexibility index (Phi) is 9.09. The van der Waals surface area contributed by atoms with E-state index in [0.29, 0.717) is 12.1 Å². The summed E-state index contributed by atoms with van der Waals surface area (Å²) in [5, 5.41) is 0. The zero-order valence-electron chi connectivity index (χ0n) is 22.2. The number of hydrogen-bond acceptors (Lipinski definition) is 1. The quantitative estimate of drug-likeness (QED) is 0.150. The molecule has 0 saturated carbocycles. The molecular formula is C32H20F10O. The van der Waals surface area contributed by atoms with E-state index in [1.807, 2.05) is 6.92 Å². The van der Waals surface area contributed by atoms with Crippen molar-refractivity contribution in [3.63, 3.8) is 0 Å². The summed E-state index contributed by atoms with van der Waals surface area (Å²) in [6.45, 7) is 2.02. The summed E-state index contributed by atoms with van der Waals surface area (Å²) in [6.07, 6.45) is -7.43. The van der Waals surface area contributed by atoms with E-state index >= 15 is 0 Å². The van der Waals surface area contributed by atoms with Crippen molar-refractivity contribution in [3.05, 3.63) is 124 Å². The molecule has 1 nitrogen and oxygen atoms in total. The van der Waals surface area contributed by atoms with E-state index in [-0.39, 0.29) is 34.4 Å². The first kappa shape index (κ1) is 31.5. The standard InChI is InChI=1S/C32H20F10O/c1-2-3-4-18-5-8-20(25(33)13-18)9-6-19-7-11-23(26(34)14-19)21-10-12-24(27(35)15-21)32(41,42)43-22-16-28(36)30(29(37)17-22)31(38,39)40/h5,7-8,10-17H,2-4H2,1H3. The van der Waals surface area contributed by atoms with E-state index in [0.717, 1.165) is 37.0 Å². The van der Waals surface area contributed by atoms with Gasteiger partial charge in [0.2, 0.25) is 0 Å². The Morgan fingerprint density at radius 3 is 1.95 bits per heavy atom. The molecule has 0 amide bonds. The molecule has 0 aliphatic rings. The van der Waals surface area contributed by atoms with Crippen LogP contribution in [0.25, 0.3) is 11.1 Å². The summed E-state index contributed by atoms with van der Waals surface area (Å²) in [6, 6.07) is 10.0. The highest BCUT2D eigenvalue weighted by Gasteiger charge is 2.41. The van der Waals surface area contributed by atoms with E-state index in [4.69, 9.17) is 0 Å². The van der Waals surface area contributed by atoms with E-state index in [9.17, 15) is 43.9 Å². The average Bonchev–Trinajstić information content (AvgIpc) is 2.89. The Hall–Kier alpha value is -4.46. The maximum atomic E-state index is 14.9. The molecule has 224 valence electrons. The van der Waals surface area contributed by atoms with Gasteiger partial charge in [-0.05, 0) is 60.4 Å². The summed E-state index contributed by atoms with van der Waals surface area (Å²) in [7, 11) is 0. The Balaban J connectivity index is 1.54. The number of aryl methyl sites for hydroxylation is 1. The zero-order chi connectivity index (χ0) is 31.5. The van der Waals surface area contributed by atoms with Gasteiger partial charge in [-0.15, -0.1) is 0 Å². The summed E-state index contributed by atoms with van der Waals surface area (Å²) in [5.41, 5.74) is -3.02. The van der Waals surface area contributed by atoms with E-state index in [2.05, 4.69) is 16.6 Å². The lowest BCUT2D eigenvalue weighted by atomic mass is 10.0. The predicted octanol–water partition coefficient (Wildman–Crippen LogP) is 9.94. The van der Waals surface area contributed by atoms with Gasteiger partial charge in [-0.25, -0.2) is 22.0 Å². The summed E-state index contributed by atoms with van der Waals surface area (Å²) in [4.78, 5) is 0. The van der Waals surface area contributed by atoms with Crippen LogP contribution < -0.4 is 4.74 Å².